The number of ketones is 1. The lowest BCUT2D eigenvalue weighted by Gasteiger charge is -2.06. The van der Waals surface area contributed by atoms with E-state index in [-0.39, 0.29) is 11.5 Å². The Labute approximate surface area is 103 Å². The van der Waals surface area contributed by atoms with E-state index in [4.69, 9.17) is 0 Å². The highest BCUT2D eigenvalue weighted by molar-refractivity contribution is 7.17. The van der Waals surface area contributed by atoms with E-state index in [1.165, 1.54) is 11.3 Å². The van der Waals surface area contributed by atoms with Gasteiger partial charge in [0.15, 0.2) is 5.78 Å². The number of thiazole rings is 1. The fourth-order valence-corrected chi connectivity index (χ4v) is 3.11. The molecule has 4 heteroatoms. The minimum atomic E-state index is 0.204. The summed E-state index contributed by atoms with van der Waals surface area (Å²) in [4.78, 5) is 17.0. The average molecular weight is 245 g/mol. The van der Waals surface area contributed by atoms with E-state index >= 15 is 0 Å². The van der Waals surface area contributed by atoms with Gasteiger partial charge in [-0.2, -0.15) is 0 Å². The molecule has 1 aromatic heterocycles. The molecule has 0 atom stereocenters. The van der Waals surface area contributed by atoms with Gasteiger partial charge >= 0.3 is 0 Å². The number of carbonyl (C=O) groups excluding carboxylic acids is 1. The Morgan fingerprint density at radius 2 is 2.18 bits per heavy atom. The Morgan fingerprint density at radius 1 is 1.29 bits per heavy atom. The van der Waals surface area contributed by atoms with Gasteiger partial charge in [0.2, 0.25) is 0 Å². The monoisotopic (exact) mass is 245 g/mol. The number of hydrogen-bond acceptors (Lipinski definition) is 4. The van der Waals surface area contributed by atoms with E-state index in [1.54, 1.807) is 18.2 Å². The van der Waals surface area contributed by atoms with Crippen LogP contribution in [0.15, 0.2) is 24.3 Å². The minimum Gasteiger partial charge on any atom is -0.508 e. The molecule has 86 valence electrons. The van der Waals surface area contributed by atoms with Crippen LogP contribution in [0.1, 0.15) is 28.2 Å². The molecule has 2 aromatic rings. The van der Waals surface area contributed by atoms with Crippen molar-refractivity contribution in [2.45, 2.75) is 19.3 Å². The van der Waals surface area contributed by atoms with E-state index in [1.807, 2.05) is 6.07 Å². The van der Waals surface area contributed by atoms with Gasteiger partial charge in [-0.1, -0.05) is 12.1 Å². The number of Topliss-reactive ketones (excluding diaryl/α,β-unsaturated/α-hetero) is 1. The molecule has 17 heavy (non-hydrogen) atoms. The second-order valence-electron chi connectivity index (χ2n) is 4.12. The number of fused-ring (bicyclic) bond motifs is 1. The van der Waals surface area contributed by atoms with Crippen molar-refractivity contribution in [2.24, 2.45) is 0 Å². The van der Waals surface area contributed by atoms with Crippen LogP contribution in [0.3, 0.4) is 0 Å². The Kier molecular flexibility index (Phi) is 2.44. The Bertz CT molecular complexity index is 589. The summed E-state index contributed by atoms with van der Waals surface area (Å²) in [6.07, 6.45) is 2.42. The van der Waals surface area contributed by atoms with Gasteiger partial charge in [0, 0.05) is 12.0 Å². The largest absolute Gasteiger partial charge is 0.508 e. The molecule has 0 saturated carbocycles. The summed E-state index contributed by atoms with van der Waals surface area (Å²) in [5, 5.41) is 10.3. The molecule has 1 aromatic carbocycles. The van der Waals surface area contributed by atoms with Crippen molar-refractivity contribution in [3.8, 4) is 16.3 Å². The van der Waals surface area contributed by atoms with E-state index in [0.717, 1.165) is 34.0 Å². The molecule has 0 bridgehead atoms. The number of hydrogen-bond donors (Lipinski definition) is 1. The Hall–Kier alpha value is -1.68. The first-order valence-electron chi connectivity index (χ1n) is 5.56. The van der Waals surface area contributed by atoms with Gasteiger partial charge < -0.3 is 5.11 Å². The highest BCUT2D eigenvalue weighted by atomic mass is 32.1. The molecule has 1 aliphatic rings. The Morgan fingerprint density at radius 3 is 2.94 bits per heavy atom. The molecular formula is C13H11NO2S. The van der Waals surface area contributed by atoms with Crippen LogP contribution in [0, 0.1) is 0 Å². The quantitative estimate of drug-likeness (QED) is 0.840. The van der Waals surface area contributed by atoms with E-state index in [0.29, 0.717) is 6.42 Å². The average Bonchev–Trinajstić information content (AvgIpc) is 2.74. The van der Waals surface area contributed by atoms with Gasteiger partial charge in [-0.25, -0.2) is 4.98 Å². The highest BCUT2D eigenvalue weighted by Gasteiger charge is 2.22. The lowest BCUT2D eigenvalue weighted by molar-refractivity contribution is 0.0976. The normalized spacial score (nSPS) is 14.7. The molecule has 3 nitrogen and oxygen atoms in total. The molecule has 1 aliphatic carbocycles. The summed E-state index contributed by atoms with van der Waals surface area (Å²) in [5.74, 6) is 0.428. The lowest BCUT2D eigenvalue weighted by Crippen LogP contribution is -2.07. The maximum atomic E-state index is 11.7. The van der Waals surface area contributed by atoms with Crippen molar-refractivity contribution >= 4 is 17.1 Å². The third-order valence-corrected chi connectivity index (χ3v) is 4.05. The second kappa shape index (κ2) is 3.96. The predicted molar refractivity (Wildman–Crippen MR) is 66.5 cm³/mol. The first-order valence-corrected chi connectivity index (χ1v) is 6.38. The third-order valence-electron chi connectivity index (χ3n) is 2.86. The number of phenolic OH excluding ortho intramolecular Hbond substituents is 1. The summed E-state index contributed by atoms with van der Waals surface area (Å²) in [5.41, 5.74) is 1.79. The van der Waals surface area contributed by atoms with Gasteiger partial charge in [0.25, 0.3) is 0 Å². The summed E-state index contributed by atoms with van der Waals surface area (Å²) < 4.78 is 0. The van der Waals surface area contributed by atoms with E-state index in [9.17, 15) is 9.90 Å². The molecule has 0 unspecified atom stereocenters. The van der Waals surface area contributed by atoms with Crippen molar-refractivity contribution in [1.82, 2.24) is 4.98 Å². The van der Waals surface area contributed by atoms with Crippen LogP contribution < -0.4 is 0 Å². The molecule has 0 saturated heterocycles. The number of nitrogens with zero attached hydrogens (tertiary/aromatic N) is 1. The maximum Gasteiger partial charge on any atom is 0.174 e. The van der Waals surface area contributed by atoms with E-state index in [2.05, 4.69) is 4.98 Å². The summed E-state index contributed by atoms with van der Waals surface area (Å²) in [6, 6.07) is 6.98. The van der Waals surface area contributed by atoms with Crippen molar-refractivity contribution in [3.05, 3.63) is 34.8 Å². The zero-order valence-electron chi connectivity index (χ0n) is 9.14. The first kappa shape index (κ1) is 10.5. The van der Waals surface area contributed by atoms with Gasteiger partial charge in [-0.05, 0) is 25.0 Å². The van der Waals surface area contributed by atoms with Crippen molar-refractivity contribution < 1.29 is 9.90 Å². The lowest BCUT2D eigenvalue weighted by atomic mass is 10.0. The highest BCUT2D eigenvalue weighted by Crippen LogP contribution is 2.33. The van der Waals surface area contributed by atoms with E-state index < -0.39 is 0 Å². The van der Waals surface area contributed by atoms with Crippen LogP contribution in [-0.2, 0) is 6.42 Å². The topological polar surface area (TPSA) is 50.2 Å². The van der Waals surface area contributed by atoms with Crippen LogP contribution in [-0.4, -0.2) is 15.9 Å². The van der Waals surface area contributed by atoms with Crippen LogP contribution >= 0.6 is 11.3 Å². The van der Waals surface area contributed by atoms with Crippen LogP contribution in [0.25, 0.3) is 10.6 Å². The van der Waals surface area contributed by atoms with Crippen molar-refractivity contribution in [2.75, 3.05) is 0 Å². The SMILES string of the molecule is O=C1CCCc2nc(-c3cccc(O)c3)sc21. The van der Waals surface area contributed by atoms with Gasteiger partial charge in [0.05, 0.1) is 10.6 Å². The number of aryl methyl sites for hydroxylation is 1. The molecule has 0 spiro atoms. The van der Waals surface area contributed by atoms with Crippen LogP contribution in [0.5, 0.6) is 5.75 Å². The number of phenols is 1. The van der Waals surface area contributed by atoms with Gasteiger partial charge in [-0.3, -0.25) is 4.79 Å². The predicted octanol–water partition coefficient (Wildman–Crippen LogP) is 3.03. The molecule has 0 radical (unpaired) electrons. The summed E-state index contributed by atoms with van der Waals surface area (Å²) >= 11 is 1.43. The standard InChI is InChI=1S/C13H11NO2S/c15-9-4-1-3-8(7-9)13-14-10-5-2-6-11(16)12(10)17-13/h1,3-4,7,15H,2,5-6H2. The summed E-state index contributed by atoms with van der Waals surface area (Å²) in [6.45, 7) is 0. The smallest absolute Gasteiger partial charge is 0.174 e. The third kappa shape index (κ3) is 1.85. The molecule has 1 N–H and O–H groups in total. The molecule has 3 rings (SSSR count). The minimum absolute atomic E-state index is 0.204. The molecule has 0 aliphatic heterocycles. The molecule has 0 amide bonds. The fraction of sp³-hybridized carbons (Fsp3) is 0.231. The number of benzene rings is 1. The first-order chi connectivity index (χ1) is 8.24. The van der Waals surface area contributed by atoms with Crippen LogP contribution in [0.4, 0.5) is 0 Å². The molecular weight excluding hydrogens is 234 g/mol. The van der Waals surface area contributed by atoms with Crippen LogP contribution in [0.2, 0.25) is 0 Å². The fourth-order valence-electron chi connectivity index (χ4n) is 2.03. The van der Waals surface area contributed by atoms with Crippen molar-refractivity contribution in [3.63, 3.8) is 0 Å². The van der Waals surface area contributed by atoms with Gasteiger partial charge in [0.1, 0.15) is 10.8 Å². The number of rotatable bonds is 1. The second-order valence-corrected chi connectivity index (χ2v) is 5.12. The molecule has 0 fully saturated rings. The number of aromatic nitrogens is 1. The number of carbonyl (C=O) groups is 1. The summed E-state index contributed by atoms with van der Waals surface area (Å²) in [7, 11) is 0. The zero-order valence-corrected chi connectivity index (χ0v) is 9.96. The Balaban J connectivity index is 2.08. The zero-order chi connectivity index (χ0) is 11.8. The van der Waals surface area contributed by atoms with Gasteiger partial charge in [-0.15, -0.1) is 11.3 Å². The maximum absolute atomic E-state index is 11.7. The van der Waals surface area contributed by atoms with Crippen molar-refractivity contribution in [1.29, 1.82) is 0 Å². The number of aromatic hydroxyl groups is 1. The molecule has 1 heterocycles.